The molecule has 2 aromatic carbocycles. The number of aromatic nitrogens is 3. The monoisotopic (exact) mass is 469 g/mol. The quantitative estimate of drug-likeness (QED) is 0.427. The molecule has 1 saturated heterocycles. The highest BCUT2D eigenvalue weighted by atomic mass is 16.5. The number of benzene rings is 2. The summed E-state index contributed by atoms with van der Waals surface area (Å²) in [5.41, 5.74) is 5.67. The molecule has 6 rings (SSSR count). The van der Waals surface area contributed by atoms with Crippen molar-refractivity contribution >= 4 is 5.65 Å². The summed E-state index contributed by atoms with van der Waals surface area (Å²) >= 11 is 0. The predicted molar refractivity (Wildman–Crippen MR) is 136 cm³/mol. The second kappa shape index (κ2) is 9.07. The fourth-order valence-corrected chi connectivity index (χ4v) is 4.87. The van der Waals surface area contributed by atoms with Crippen LogP contribution in [-0.2, 0) is 0 Å². The highest BCUT2D eigenvalue weighted by Gasteiger charge is 2.46. The maximum absolute atomic E-state index is 9.93. The first kappa shape index (κ1) is 22.2. The fourth-order valence-electron chi connectivity index (χ4n) is 4.87. The molecular formula is C28H31N5O2. The Labute approximate surface area is 205 Å². The van der Waals surface area contributed by atoms with Crippen molar-refractivity contribution in [2.75, 3.05) is 32.7 Å². The zero-order valence-corrected chi connectivity index (χ0v) is 20.0. The SMILES string of the molecule is CC(O)c1cccc(-c2cnn3cc(-c4ccc(OC5(CN6CCNCC6)CC5)cc4)cnc23)c1. The summed E-state index contributed by atoms with van der Waals surface area (Å²) in [7, 11) is 0. The Morgan fingerprint density at radius 1 is 1.03 bits per heavy atom. The number of aliphatic hydroxyl groups is 1. The van der Waals surface area contributed by atoms with Gasteiger partial charge in [0, 0.05) is 56.2 Å². The molecule has 1 aliphatic carbocycles. The Kier molecular flexibility index (Phi) is 5.76. The first-order chi connectivity index (χ1) is 17.1. The van der Waals surface area contributed by atoms with Gasteiger partial charge in [-0.25, -0.2) is 9.50 Å². The number of nitrogens with zero attached hydrogens (tertiary/aromatic N) is 4. The van der Waals surface area contributed by atoms with Crippen molar-refractivity contribution in [2.45, 2.75) is 31.5 Å². The van der Waals surface area contributed by atoms with Crippen molar-refractivity contribution in [1.82, 2.24) is 24.8 Å². The lowest BCUT2D eigenvalue weighted by Gasteiger charge is -2.31. The molecule has 35 heavy (non-hydrogen) atoms. The van der Waals surface area contributed by atoms with Crippen molar-refractivity contribution < 1.29 is 9.84 Å². The Balaban J connectivity index is 1.19. The highest BCUT2D eigenvalue weighted by Crippen LogP contribution is 2.41. The van der Waals surface area contributed by atoms with Crippen molar-refractivity contribution in [3.05, 3.63) is 72.7 Å². The number of rotatable bonds is 7. The molecule has 2 aromatic heterocycles. The van der Waals surface area contributed by atoms with Crippen molar-refractivity contribution in [3.8, 4) is 28.0 Å². The fraction of sp³-hybridized carbons (Fsp3) is 0.357. The summed E-state index contributed by atoms with van der Waals surface area (Å²) in [6, 6.07) is 16.2. The van der Waals surface area contributed by atoms with Crippen LogP contribution in [0.25, 0.3) is 27.9 Å². The topological polar surface area (TPSA) is 74.9 Å². The molecule has 1 aliphatic heterocycles. The molecule has 2 aliphatic rings. The Hall–Kier alpha value is -3.26. The first-order valence-corrected chi connectivity index (χ1v) is 12.4. The second-order valence-electron chi connectivity index (χ2n) is 9.81. The minimum absolute atomic E-state index is 0.0179. The number of aliphatic hydroxyl groups excluding tert-OH is 1. The summed E-state index contributed by atoms with van der Waals surface area (Å²) in [4.78, 5) is 7.23. The Morgan fingerprint density at radius 3 is 2.57 bits per heavy atom. The third kappa shape index (κ3) is 4.67. The van der Waals surface area contributed by atoms with Gasteiger partial charge in [0.1, 0.15) is 11.4 Å². The molecule has 2 N–H and O–H groups in total. The lowest BCUT2D eigenvalue weighted by molar-refractivity contribution is 0.105. The molecule has 0 spiro atoms. The van der Waals surface area contributed by atoms with Crippen LogP contribution in [-0.4, -0.2) is 62.9 Å². The van der Waals surface area contributed by atoms with Crippen molar-refractivity contribution in [3.63, 3.8) is 0 Å². The van der Waals surface area contributed by atoms with Gasteiger partial charge in [0.2, 0.25) is 0 Å². The largest absolute Gasteiger partial charge is 0.486 e. The van der Waals surface area contributed by atoms with E-state index >= 15 is 0 Å². The van der Waals surface area contributed by atoms with E-state index in [2.05, 4.69) is 39.6 Å². The van der Waals surface area contributed by atoms with Crippen molar-refractivity contribution in [2.24, 2.45) is 0 Å². The number of fused-ring (bicyclic) bond motifs is 1. The van der Waals surface area contributed by atoms with Gasteiger partial charge < -0.3 is 15.2 Å². The van der Waals surface area contributed by atoms with Crippen molar-refractivity contribution in [1.29, 1.82) is 0 Å². The van der Waals surface area contributed by atoms with Crippen LogP contribution in [0.2, 0.25) is 0 Å². The van der Waals surface area contributed by atoms with Crippen LogP contribution in [0.1, 0.15) is 31.4 Å². The van der Waals surface area contributed by atoms with E-state index in [0.717, 1.165) is 84.8 Å². The van der Waals surface area contributed by atoms with E-state index in [1.807, 2.05) is 47.4 Å². The number of hydrogen-bond donors (Lipinski definition) is 2. The molecule has 2 fully saturated rings. The molecule has 3 heterocycles. The maximum atomic E-state index is 9.93. The van der Waals surface area contributed by atoms with E-state index in [4.69, 9.17) is 9.72 Å². The summed E-state index contributed by atoms with van der Waals surface area (Å²) in [5.74, 6) is 0.926. The minimum atomic E-state index is -0.514. The van der Waals surface area contributed by atoms with Gasteiger partial charge in [-0.2, -0.15) is 5.10 Å². The van der Waals surface area contributed by atoms with E-state index in [0.29, 0.717) is 0 Å². The molecule has 0 amide bonds. The molecule has 1 atom stereocenters. The number of piperazine rings is 1. The molecule has 0 bridgehead atoms. The average molecular weight is 470 g/mol. The van der Waals surface area contributed by atoms with Gasteiger partial charge >= 0.3 is 0 Å². The molecule has 4 aromatic rings. The number of ether oxygens (including phenoxy) is 1. The van der Waals surface area contributed by atoms with Crippen LogP contribution in [0, 0.1) is 0 Å². The third-order valence-electron chi connectivity index (χ3n) is 7.09. The van der Waals surface area contributed by atoms with Crippen LogP contribution < -0.4 is 10.1 Å². The first-order valence-electron chi connectivity index (χ1n) is 12.4. The third-order valence-corrected chi connectivity index (χ3v) is 7.09. The maximum Gasteiger partial charge on any atom is 0.162 e. The zero-order chi connectivity index (χ0) is 23.8. The van der Waals surface area contributed by atoms with Gasteiger partial charge in [0.05, 0.1) is 12.3 Å². The molecule has 180 valence electrons. The van der Waals surface area contributed by atoms with Crippen LogP contribution in [0.5, 0.6) is 5.75 Å². The van der Waals surface area contributed by atoms with Gasteiger partial charge in [-0.15, -0.1) is 0 Å². The smallest absolute Gasteiger partial charge is 0.162 e. The van der Waals surface area contributed by atoms with Gasteiger partial charge in [-0.3, -0.25) is 4.90 Å². The number of hydrogen-bond acceptors (Lipinski definition) is 6. The number of nitrogens with one attached hydrogen (secondary N) is 1. The lowest BCUT2D eigenvalue weighted by Crippen LogP contribution is -2.48. The summed E-state index contributed by atoms with van der Waals surface area (Å²) in [5, 5.41) is 17.9. The van der Waals surface area contributed by atoms with Crippen LogP contribution in [0.3, 0.4) is 0 Å². The molecular weight excluding hydrogens is 438 g/mol. The predicted octanol–water partition coefficient (Wildman–Crippen LogP) is 3.93. The summed E-state index contributed by atoms with van der Waals surface area (Å²) in [6.45, 7) is 7.11. The van der Waals surface area contributed by atoms with E-state index < -0.39 is 6.10 Å². The Morgan fingerprint density at radius 2 is 1.83 bits per heavy atom. The van der Waals surface area contributed by atoms with Gasteiger partial charge in [-0.05, 0) is 54.7 Å². The van der Waals surface area contributed by atoms with Gasteiger partial charge in [-0.1, -0.05) is 30.3 Å². The van der Waals surface area contributed by atoms with Crippen LogP contribution >= 0.6 is 0 Å². The second-order valence-corrected chi connectivity index (χ2v) is 9.81. The Bertz CT molecular complexity index is 1320. The van der Waals surface area contributed by atoms with Crippen LogP contribution in [0.4, 0.5) is 0 Å². The molecule has 0 radical (unpaired) electrons. The molecule has 1 unspecified atom stereocenters. The molecule has 7 nitrogen and oxygen atoms in total. The van der Waals surface area contributed by atoms with Crippen LogP contribution in [0.15, 0.2) is 67.1 Å². The lowest BCUT2D eigenvalue weighted by atomic mass is 10.0. The summed E-state index contributed by atoms with van der Waals surface area (Å²) in [6.07, 6.45) is 7.47. The van der Waals surface area contributed by atoms with E-state index in [1.165, 1.54) is 0 Å². The van der Waals surface area contributed by atoms with E-state index in [-0.39, 0.29) is 5.60 Å². The minimum Gasteiger partial charge on any atom is -0.486 e. The average Bonchev–Trinajstić information content (AvgIpc) is 3.50. The molecule has 7 heteroatoms. The summed E-state index contributed by atoms with van der Waals surface area (Å²) < 4.78 is 8.26. The molecule has 1 saturated carbocycles. The zero-order valence-electron chi connectivity index (χ0n) is 20.0. The van der Waals surface area contributed by atoms with E-state index in [1.54, 1.807) is 6.92 Å². The standard InChI is InChI=1S/C28H31N5O2/c1-20(34)22-3-2-4-23(15-22)26-17-31-33-18-24(16-30-27(26)33)21-5-7-25(8-6-21)35-28(9-10-28)19-32-13-11-29-12-14-32/h2-8,15-18,20,29,34H,9-14,19H2,1H3. The van der Waals surface area contributed by atoms with Gasteiger partial charge in [0.25, 0.3) is 0 Å². The normalized spacial score (nSPS) is 18.5. The highest BCUT2D eigenvalue weighted by molar-refractivity contribution is 5.78. The van der Waals surface area contributed by atoms with E-state index in [9.17, 15) is 5.11 Å². The van der Waals surface area contributed by atoms with Gasteiger partial charge in [0.15, 0.2) is 5.65 Å².